The van der Waals surface area contributed by atoms with Gasteiger partial charge in [0.2, 0.25) is 0 Å². The maximum atomic E-state index is 10.0. The molecule has 4 aromatic heterocycles. The van der Waals surface area contributed by atoms with Crippen molar-refractivity contribution in [3.8, 4) is 101 Å². The van der Waals surface area contributed by atoms with Crippen molar-refractivity contribution in [3.63, 3.8) is 0 Å². The Bertz CT molecular complexity index is 6780. The summed E-state index contributed by atoms with van der Waals surface area (Å²) >= 11 is 0. The van der Waals surface area contributed by atoms with Gasteiger partial charge in [-0.25, -0.2) is 0 Å². The molecule has 13 aromatic carbocycles. The minimum absolute atomic E-state index is 0. The number of rotatable bonds is 14. The summed E-state index contributed by atoms with van der Waals surface area (Å²) < 4.78 is 0. The molecule has 4 heterocycles. The minimum Gasteiger partial charge on any atom is -0.512 e. The van der Waals surface area contributed by atoms with Crippen LogP contribution in [0, 0.1) is 58.9 Å². The van der Waals surface area contributed by atoms with Gasteiger partial charge in [-0.05, 0) is 192 Å². The quantitative estimate of drug-likeness (QED) is 0.0389. The Balaban J connectivity index is 0.000000247. The molecule has 0 spiro atoms. The summed E-state index contributed by atoms with van der Waals surface area (Å²) in [7, 11) is 0. The first-order valence-corrected chi connectivity index (χ1v) is 42.1. The number of aryl methyl sites for hydroxylation is 3. The molecule has 0 saturated heterocycles. The van der Waals surface area contributed by atoms with E-state index in [1.165, 1.54) is 168 Å². The smallest absolute Gasteiger partial charge is 0.155 e. The molecule has 0 saturated carbocycles. The van der Waals surface area contributed by atoms with E-state index < -0.39 is 0 Å². The van der Waals surface area contributed by atoms with Gasteiger partial charge in [0, 0.05) is 115 Å². The standard InChI is InChI=1S/C28H20N.C23H18NO.C23H18N.C22H16N.4C5H8O2.4Ir/c1-20-27(22-13-6-3-7-14-22)25-17-8-9-18-26(25)29-28(20)24-16-10-15-23(19-24)21-11-4-2-5-12-21;1-16-21(15-25)20-12-5-6-13-22(20)24-23(16)19-11-7-10-18(14-19)17-8-3-2-4-9-17;1-16-8-3-5-12-21(16)18-10-7-11-20(15-18)23-17(2)14-19-9-4-6-13-22(19)24-23;1-16-14-19-10-5-6-13-21(19)23-22(16)20-12-7-11-18(15-20)17-8-3-2-4-9-17;4*1-4(6)3-5(2)7;;;;/h2-15,17-19H,1H3;2-10,12-14,25H,15H2,1H3;3-10,12-15H,1-2H3;2-11,13-15H,1H3;4*3,6H,1-2H3;;;;/q4*-1;;;;;;;;. The average Bonchev–Trinajstić information content (AvgIpc) is 0.756. The molecule has 17 heteroatoms. The van der Waals surface area contributed by atoms with Crippen LogP contribution in [-0.4, -0.2) is 68.6 Å². The molecule has 0 unspecified atom stereocenters. The van der Waals surface area contributed by atoms with Gasteiger partial charge in [0.05, 0.1) is 51.7 Å². The zero-order valence-corrected chi connectivity index (χ0v) is 85.8. The molecule has 0 aliphatic rings. The Morgan fingerprint density at radius 1 is 0.278 bits per heavy atom. The zero-order chi connectivity index (χ0) is 92.5. The monoisotopic (exact) mass is 2470 g/mol. The van der Waals surface area contributed by atoms with Crippen molar-refractivity contribution in [1.29, 1.82) is 0 Å². The predicted octanol–water partition coefficient (Wildman–Crippen LogP) is 28.3. The van der Waals surface area contributed by atoms with Gasteiger partial charge in [0.25, 0.3) is 0 Å². The molecule has 0 fully saturated rings. The number of carbonyl (C=O) groups is 4. The molecule has 682 valence electrons. The number of para-hydroxylation sites is 4. The van der Waals surface area contributed by atoms with Crippen molar-refractivity contribution in [3.05, 3.63) is 433 Å². The third kappa shape index (κ3) is 32.4. The summed E-state index contributed by atoms with van der Waals surface area (Å²) in [4.78, 5) is 59.7. The van der Waals surface area contributed by atoms with E-state index >= 15 is 0 Å². The summed E-state index contributed by atoms with van der Waals surface area (Å²) in [6.45, 7) is 21.9. The van der Waals surface area contributed by atoms with Crippen LogP contribution in [0.3, 0.4) is 0 Å². The fraction of sp³-hybridized carbons (Fsp3) is 0.121. The second kappa shape index (κ2) is 54.7. The fourth-order valence-electron chi connectivity index (χ4n) is 14.5. The third-order valence-corrected chi connectivity index (χ3v) is 20.1. The van der Waals surface area contributed by atoms with E-state index in [4.69, 9.17) is 40.4 Å². The molecule has 0 amide bonds. The molecule has 4 radical (unpaired) electrons. The maximum Gasteiger partial charge on any atom is 0.155 e. The number of carbonyl (C=O) groups excluding carboxylic acids is 4. The topological polar surface area (TPSA) is 221 Å². The number of allylic oxidation sites excluding steroid dienone is 8. The van der Waals surface area contributed by atoms with Gasteiger partial charge in [0.15, 0.2) is 23.1 Å². The average molecular weight is 2470 g/mol. The number of fused-ring (bicyclic) bond motifs is 4. The van der Waals surface area contributed by atoms with Crippen LogP contribution in [0.1, 0.15) is 88.8 Å². The van der Waals surface area contributed by atoms with E-state index in [0.29, 0.717) is 0 Å². The molecule has 0 aliphatic carbocycles. The van der Waals surface area contributed by atoms with E-state index in [9.17, 15) is 24.3 Å². The van der Waals surface area contributed by atoms with Crippen molar-refractivity contribution < 1.29 is 125 Å². The number of hydrogen-bond acceptors (Lipinski definition) is 13. The second-order valence-electron chi connectivity index (χ2n) is 30.7. The van der Waals surface area contributed by atoms with Crippen LogP contribution in [0.4, 0.5) is 0 Å². The molecule has 13 nitrogen and oxygen atoms in total. The van der Waals surface area contributed by atoms with E-state index in [1.807, 2.05) is 116 Å². The Kier molecular flexibility index (Phi) is 44.6. The summed E-state index contributed by atoms with van der Waals surface area (Å²) in [6, 6.07) is 126. The van der Waals surface area contributed by atoms with Gasteiger partial charge in [-0.3, -0.25) is 39.1 Å². The van der Waals surface area contributed by atoms with E-state index in [2.05, 4.69) is 270 Å². The van der Waals surface area contributed by atoms with Crippen LogP contribution in [0.5, 0.6) is 0 Å². The molecule has 0 atom stereocenters. The summed E-state index contributed by atoms with van der Waals surface area (Å²) in [5, 5.41) is 47.9. The van der Waals surface area contributed by atoms with Gasteiger partial charge in [0.1, 0.15) is 0 Å². The van der Waals surface area contributed by atoms with Crippen LogP contribution < -0.4 is 0 Å². The molecular weight excluding hydrogens is 2360 g/mol. The van der Waals surface area contributed by atoms with Crippen LogP contribution in [-0.2, 0) is 106 Å². The number of aliphatic hydroxyl groups excluding tert-OH is 5. The van der Waals surface area contributed by atoms with Crippen molar-refractivity contribution in [2.75, 3.05) is 0 Å². The Hall–Kier alpha value is -13.1. The van der Waals surface area contributed by atoms with Gasteiger partial charge in [-0.2, -0.15) is 0 Å². The first kappa shape index (κ1) is 109. The third-order valence-electron chi connectivity index (χ3n) is 20.1. The summed E-state index contributed by atoms with van der Waals surface area (Å²) in [5.74, 6) is -0.250. The van der Waals surface area contributed by atoms with E-state index in [0.717, 1.165) is 89.2 Å². The van der Waals surface area contributed by atoms with Crippen LogP contribution in [0.2, 0.25) is 0 Å². The van der Waals surface area contributed by atoms with Gasteiger partial charge >= 0.3 is 0 Å². The maximum absolute atomic E-state index is 10.0. The SMILES string of the molecule is CC(=O)C=C(C)O.CC(=O)C=C(C)O.CC(=O)C=C(C)O.CC(=O)C=C(C)O.Cc1c(-c2[c-]ccc(-c3ccccc3)c2)nc2ccccc2c1-c1ccccc1.Cc1c(-c2[c-]ccc(-c3ccccc3)c2)nc2ccccc2c1CO.Cc1cc2ccccc2nc1-c1[c-]ccc(-c2ccccc2)c1.Cc1ccccc1-c1cc[c-]c(-c2nc3ccccc3cc2C)c1.[Ir].[Ir].[Ir].[Ir]. The number of pyridine rings is 4. The molecule has 0 aliphatic heterocycles. The Morgan fingerprint density at radius 3 is 0.902 bits per heavy atom. The molecule has 17 aromatic rings. The molecule has 5 N–H and O–H groups in total. The molecular formula is C116H104Ir4N4O9-4. The van der Waals surface area contributed by atoms with E-state index in [1.54, 1.807) is 0 Å². The molecule has 17 rings (SSSR count). The first-order chi connectivity index (χ1) is 62.1. The van der Waals surface area contributed by atoms with Crippen molar-refractivity contribution in [1.82, 2.24) is 19.9 Å². The summed E-state index contributed by atoms with van der Waals surface area (Å²) in [5.41, 5.74) is 30.6. The number of ketones is 4. The normalized spacial score (nSPS) is 10.7. The number of hydrogen-bond donors (Lipinski definition) is 5. The molecule has 0 bridgehead atoms. The largest absolute Gasteiger partial charge is 0.512 e. The minimum atomic E-state index is -0.125. The number of benzene rings is 13. The number of nitrogens with zero attached hydrogens (tertiary/aromatic N) is 4. The van der Waals surface area contributed by atoms with Crippen molar-refractivity contribution in [2.45, 2.75) is 96.6 Å². The van der Waals surface area contributed by atoms with Crippen molar-refractivity contribution >= 4 is 66.7 Å². The van der Waals surface area contributed by atoms with Crippen molar-refractivity contribution in [2.24, 2.45) is 0 Å². The zero-order valence-electron chi connectivity index (χ0n) is 76.2. The Morgan fingerprint density at radius 2 is 0.556 bits per heavy atom. The number of aliphatic hydroxyl groups is 5. The Labute approximate surface area is 834 Å². The molecule has 133 heavy (non-hydrogen) atoms. The van der Waals surface area contributed by atoms with Crippen LogP contribution >= 0.6 is 0 Å². The van der Waals surface area contributed by atoms with E-state index in [-0.39, 0.29) is 133 Å². The van der Waals surface area contributed by atoms with Gasteiger partial charge in [-0.1, -0.05) is 253 Å². The van der Waals surface area contributed by atoms with Crippen LogP contribution in [0.15, 0.2) is 375 Å². The predicted molar refractivity (Wildman–Crippen MR) is 529 cm³/mol. The van der Waals surface area contributed by atoms with Gasteiger partial charge in [-0.15, -0.1) is 142 Å². The summed E-state index contributed by atoms with van der Waals surface area (Å²) in [6.07, 6.45) is 4.67. The van der Waals surface area contributed by atoms with Gasteiger partial charge < -0.3 is 25.5 Å². The first-order valence-electron chi connectivity index (χ1n) is 42.1. The second-order valence-corrected chi connectivity index (χ2v) is 30.7. The number of aromatic nitrogens is 4. The van der Waals surface area contributed by atoms with Crippen LogP contribution in [0.25, 0.3) is 144 Å². The fourth-order valence-corrected chi connectivity index (χ4v) is 14.5.